The Morgan fingerprint density at radius 3 is 2.76 bits per heavy atom. The fraction of sp³-hybridized carbons (Fsp3) is 0.0909. The van der Waals surface area contributed by atoms with Crippen LogP contribution in [0.2, 0.25) is 0 Å². The van der Waals surface area contributed by atoms with E-state index in [0.717, 1.165) is 12.1 Å². The van der Waals surface area contributed by atoms with E-state index in [0.29, 0.717) is 11.6 Å². The van der Waals surface area contributed by atoms with Crippen LogP contribution in [0.4, 0.5) is 14.6 Å². The molecule has 2 aromatic rings. The molecule has 0 saturated carbocycles. The van der Waals surface area contributed by atoms with Crippen molar-refractivity contribution in [3.05, 3.63) is 47.9 Å². The quantitative estimate of drug-likeness (QED) is 0.885. The Balaban J connectivity index is 2.07. The van der Waals surface area contributed by atoms with Crippen LogP contribution in [-0.2, 0) is 6.61 Å². The summed E-state index contributed by atoms with van der Waals surface area (Å²) in [6, 6.07) is 4.59. The van der Waals surface area contributed by atoms with Crippen molar-refractivity contribution in [2.75, 3.05) is 5.73 Å². The maximum atomic E-state index is 13.2. The van der Waals surface area contributed by atoms with Gasteiger partial charge in [-0.05, 0) is 18.2 Å². The Kier molecular flexibility index (Phi) is 3.13. The molecule has 1 aromatic heterocycles. The van der Waals surface area contributed by atoms with Gasteiger partial charge in [-0.1, -0.05) is 0 Å². The maximum Gasteiger partial charge on any atom is 0.168 e. The van der Waals surface area contributed by atoms with Crippen LogP contribution in [0.5, 0.6) is 5.75 Å². The van der Waals surface area contributed by atoms with Gasteiger partial charge in [0, 0.05) is 12.3 Å². The van der Waals surface area contributed by atoms with Crippen LogP contribution in [0.15, 0.2) is 30.5 Å². The number of hydrogen-bond donors (Lipinski definition) is 1. The van der Waals surface area contributed by atoms with Crippen LogP contribution in [-0.4, -0.2) is 9.97 Å². The van der Waals surface area contributed by atoms with E-state index in [4.69, 9.17) is 10.5 Å². The number of nitrogens with zero attached hydrogens (tertiary/aromatic N) is 2. The smallest absolute Gasteiger partial charge is 0.168 e. The molecule has 0 amide bonds. The second kappa shape index (κ2) is 4.73. The summed E-state index contributed by atoms with van der Waals surface area (Å²) in [5.41, 5.74) is 5.45. The highest BCUT2D eigenvalue weighted by Crippen LogP contribution is 2.18. The summed E-state index contributed by atoms with van der Waals surface area (Å²) in [6.45, 7) is -0.0341. The van der Waals surface area contributed by atoms with Gasteiger partial charge in [0.15, 0.2) is 17.4 Å². The molecule has 1 aromatic carbocycles. The fourth-order valence-electron chi connectivity index (χ4n) is 1.22. The summed E-state index contributed by atoms with van der Waals surface area (Å²) in [7, 11) is 0. The van der Waals surface area contributed by atoms with Crippen molar-refractivity contribution in [2.45, 2.75) is 6.61 Å². The lowest BCUT2D eigenvalue weighted by atomic mass is 10.3. The normalized spacial score (nSPS) is 10.2. The second-order valence-electron chi connectivity index (χ2n) is 3.26. The molecule has 17 heavy (non-hydrogen) atoms. The summed E-state index contributed by atoms with van der Waals surface area (Å²) in [6.07, 6.45) is 1.47. The molecule has 1 heterocycles. The SMILES string of the molecule is Nc1ccnc(COc2ccc(F)cc2F)n1. The highest BCUT2D eigenvalue weighted by atomic mass is 19.1. The van der Waals surface area contributed by atoms with Gasteiger partial charge in [0.05, 0.1) is 0 Å². The monoisotopic (exact) mass is 237 g/mol. The Labute approximate surface area is 96.1 Å². The number of aromatic nitrogens is 2. The summed E-state index contributed by atoms with van der Waals surface area (Å²) < 4.78 is 30.9. The van der Waals surface area contributed by atoms with Gasteiger partial charge in [-0.2, -0.15) is 0 Å². The number of halogens is 2. The molecule has 0 bridgehead atoms. The van der Waals surface area contributed by atoms with Crippen LogP contribution in [0.3, 0.4) is 0 Å². The van der Waals surface area contributed by atoms with Crippen molar-refractivity contribution in [3.8, 4) is 5.75 Å². The van der Waals surface area contributed by atoms with Crippen molar-refractivity contribution >= 4 is 5.82 Å². The van der Waals surface area contributed by atoms with E-state index in [1.54, 1.807) is 0 Å². The number of hydrogen-bond acceptors (Lipinski definition) is 4. The average molecular weight is 237 g/mol. The lowest BCUT2D eigenvalue weighted by molar-refractivity contribution is 0.280. The molecule has 0 fully saturated rings. The average Bonchev–Trinajstić information content (AvgIpc) is 2.28. The molecule has 4 nitrogen and oxygen atoms in total. The third-order valence-corrected chi connectivity index (χ3v) is 1.98. The molecule has 0 aliphatic carbocycles. The molecule has 2 N–H and O–H groups in total. The van der Waals surface area contributed by atoms with E-state index < -0.39 is 11.6 Å². The summed E-state index contributed by atoms with van der Waals surface area (Å²) in [5, 5.41) is 0. The van der Waals surface area contributed by atoms with Gasteiger partial charge in [0.25, 0.3) is 0 Å². The first-order valence-electron chi connectivity index (χ1n) is 4.80. The summed E-state index contributed by atoms with van der Waals surface area (Å²) in [5.74, 6) is -0.853. The minimum absolute atomic E-state index is 0.0341. The number of nitrogen functional groups attached to an aromatic ring is 1. The molecule has 0 spiro atoms. The first-order valence-corrected chi connectivity index (χ1v) is 4.80. The van der Waals surface area contributed by atoms with Gasteiger partial charge < -0.3 is 10.5 Å². The van der Waals surface area contributed by atoms with Crippen molar-refractivity contribution in [3.63, 3.8) is 0 Å². The standard InChI is InChI=1S/C11H9F2N3O/c12-7-1-2-9(8(13)5-7)17-6-11-15-4-3-10(14)16-11/h1-5H,6H2,(H2,14,15,16). The lowest BCUT2D eigenvalue weighted by Gasteiger charge is -2.06. The third-order valence-electron chi connectivity index (χ3n) is 1.98. The molecule has 0 radical (unpaired) electrons. The number of rotatable bonds is 3. The van der Waals surface area contributed by atoms with Crippen molar-refractivity contribution in [1.29, 1.82) is 0 Å². The third kappa shape index (κ3) is 2.87. The summed E-state index contributed by atoms with van der Waals surface area (Å²) in [4.78, 5) is 7.77. The van der Waals surface area contributed by atoms with E-state index in [-0.39, 0.29) is 12.4 Å². The zero-order valence-electron chi connectivity index (χ0n) is 8.73. The van der Waals surface area contributed by atoms with E-state index in [1.807, 2.05) is 0 Å². The molecule has 0 aliphatic heterocycles. The van der Waals surface area contributed by atoms with Gasteiger partial charge >= 0.3 is 0 Å². The Morgan fingerprint density at radius 1 is 1.24 bits per heavy atom. The molecule has 0 saturated heterocycles. The van der Waals surface area contributed by atoms with Crippen LogP contribution in [0, 0.1) is 11.6 Å². The second-order valence-corrected chi connectivity index (χ2v) is 3.26. The Morgan fingerprint density at radius 2 is 2.06 bits per heavy atom. The first-order chi connectivity index (χ1) is 8.15. The minimum Gasteiger partial charge on any atom is -0.483 e. The van der Waals surface area contributed by atoms with Gasteiger partial charge in [-0.3, -0.25) is 0 Å². The summed E-state index contributed by atoms with van der Waals surface area (Å²) >= 11 is 0. The minimum atomic E-state index is -0.770. The van der Waals surface area contributed by atoms with Gasteiger partial charge in [0.1, 0.15) is 18.2 Å². The van der Waals surface area contributed by atoms with Crippen LogP contribution in [0.1, 0.15) is 5.82 Å². The molecular weight excluding hydrogens is 228 g/mol. The first kappa shape index (κ1) is 11.3. The topological polar surface area (TPSA) is 61.0 Å². The number of anilines is 1. The van der Waals surface area contributed by atoms with Gasteiger partial charge in [0.2, 0.25) is 0 Å². The van der Waals surface area contributed by atoms with E-state index in [1.165, 1.54) is 18.3 Å². The highest BCUT2D eigenvalue weighted by Gasteiger charge is 2.06. The zero-order valence-corrected chi connectivity index (χ0v) is 8.73. The van der Waals surface area contributed by atoms with E-state index in [9.17, 15) is 8.78 Å². The Bertz CT molecular complexity index is 534. The molecule has 2 rings (SSSR count). The molecular formula is C11H9F2N3O. The highest BCUT2D eigenvalue weighted by molar-refractivity contribution is 5.26. The molecule has 0 unspecified atom stereocenters. The molecule has 88 valence electrons. The van der Waals surface area contributed by atoms with Crippen LogP contribution >= 0.6 is 0 Å². The van der Waals surface area contributed by atoms with Crippen molar-refractivity contribution in [1.82, 2.24) is 9.97 Å². The van der Waals surface area contributed by atoms with Gasteiger partial charge in [-0.25, -0.2) is 18.7 Å². The van der Waals surface area contributed by atoms with Crippen molar-refractivity contribution in [2.24, 2.45) is 0 Å². The molecule has 0 aliphatic rings. The van der Waals surface area contributed by atoms with Crippen LogP contribution in [0.25, 0.3) is 0 Å². The Hall–Kier alpha value is -2.24. The lowest BCUT2D eigenvalue weighted by Crippen LogP contribution is -2.04. The van der Waals surface area contributed by atoms with Crippen LogP contribution < -0.4 is 10.5 Å². The number of benzene rings is 1. The zero-order chi connectivity index (χ0) is 12.3. The fourth-order valence-corrected chi connectivity index (χ4v) is 1.22. The van der Waals surface area contributed by atoms with Crippen molar-refractivity contribution < 1.29 is 13.5 Å². The van der Waals surface area contributed by atoms with E-state index >= 15 is 0 Å². The largest absolute Gasteiger partial charge is 0.483 e. The molecule has 6 heteroatoms. The maximum absolute atomic E-state index is 13.2. The molecule has 0 atom stereocenters. The number of ether oxygens (including phenoxy) is 1. The number of nitrogens with two attached hydrogens (primary N) is 1. The van der Waals surface area contributed by atoms with E-state index in [2.05, 4.69) is 9.97 Å². The van der Waals surface area contributed by atoms with Gasteiger partial charge in [-0.15, -0.1) is 0 Å². The predicted molar refractivity (Wildman–Crippen MR) is 57.1 cm³/mol. The predicted octanol–water partition coefficient (Wildman–Crippen LogP) is 1.92.